The summed E-state index contributed by atoms with van der Waals surface area (Å²) in [6.45, 7) is -0.468. The fraction of sp³-hybridized carbons (Fsp3) is 0.300. The van der Waals surface area contributed by atoms with Crippen LogP contribution >= 0.6 is 11.3 Å². The van der Waals surface area contributed by atoms with Gasteiger partial charge in [0.15, 0.2) is 0 Å². The summed E-state index contributed by atoms with van der Waals surface area (Å²) in [5.41, 5.74) is 1.28. The number of benzene rings is 1. The van der Waals surface area contributed by atoms with Crippen LogP contribution in [0.5, 0.6) is 0 Å². The van der Waals surface area contributed by atoms with Crippen molar-refractivity contribution >= 4 is 39.1 Å². The molecule has 150 valence electrons. The molecule has 0 aliphatic heterocycles. The van der Waals surface area contributed by atoms with Gasteiger partial charge in [-0.25, -0.2) is 9.37 Å². The second kappa shape index (κ2) is 8.12. The van der Waals surface area contributed by atoms with Crippen molar-refractivity contribution < 1.29 is 14.0 Å². The second-order valence-corrected chi connectivity index (χ2v) is 7.98. The molecule has 29 heavy (non-hydrogen) atoms. The Kier molecular flexibility index (Phi) is 5.39. The normalized spacial score (nSPS) is 13.1. The van der Waals surface area contributed by atoms with Crippen LogP contribution in [0.2, 0.25) is 0 Å². The smallest absolute Gasteiger partial charge is 0.262 e. The average molecular weight is 414 g/mol. The Hall–Kier alpha value is -3.07. The van der Waals surface area contributed by atoms with Gasteiger partial charge in [0.25, 0.3) is 5.56 Å². The highest BCUT2D eigenvalue weighted by Gasteiger charge is 2.20. The zero-order valence-electron chi connectivity index (χ0n) is 15.5. The molecular weight excluding hydrogens is 395 g/mol. The molecule has 2 N–H and O–H groups in total. The third-order valence-electron chi connectivity index (χ3n) is 4.83. The van der Waals surface area contributed by atoms with Crippen LogP contribution in [-0.2, 0) is 29.0 Å². The highest BCUT2D eigenvalue weighted by Crippen LogP contribution is 2.33. The molecule has 1 aromatic carbocycles. The van der Waals surface area contributed by atoms with Gasteiger partial charge in [-0.05, 0) is 55.5 Å². The minimum absolute atomic E-state index is 0.212. The number of nitrogens with zero attached hydrogens (tertiary/aromatic N) is 2. The van der Waals surface area contributed by atoms with Crippen LogP contribution < -0.4 is 16.2 Å². The summed E-state index contributed by atoms with van der Waals surface area (Å²) < 4.78 is 14.2. The second-order valence-electron chi connectivity index (χ2n) is 6.90. The summed E-state index contributed by atoms with van der Waals surface area (Å²) >= 11 is 1.56. The van der Waals surface area contributed by atoms with Crippen LogP contribution in [0.4, 0.5) is 10.1 Å². The maximum atomic E-state index is 12.9. The van der Waals surface area contributed by atoms with E-state index in [-0.39, 0.29) is 18.6 Å². The predicted octanol–water partition coefficient (Wildman–Crippen LogP) is 2.23. The third kappa shape index (κ3) is 4.19. The number of aryl methyl sites for hydroxylation is 2. The first-order valence-electron chi connectivity index (χ1n) is 9.33. The molecule has 0 saturated carbocycles. The number of thiophene rings is 1. The van der Waals surface area contributed by atoms with E-state index in [2.05, 4.69) is 15.6 Å². The minimum Gasteiger partial charge on any atom is -0.345 e. The van der Waals surface area contributed by atoms with E-state index in [1.54, 1.807) is 11.3 Å². The summed E-state index contributed by atoms with van der Waals surface area (Å²) in [6, 6.07) is 5.31. The molecule has 0 saturated heterocycles. The number of fused-ring (bicyclic) bond motifs is 3. The van der Waals surface area contributed by atoms with Crippen LogP contribution in [0, 0.1) is 5.82 Å². The van der Waals surface area contributed by atoms with Crippen LogP contribution in [-0.4, -0.2) is 27.9 Å². The van der Waals surface area contributed by atoms with E-state index in [0.717, 1.165) is 36.1 Å². The van der Waals surface area contributed by atoms with Gasteiger partial charge in [-0.1, -0.05) is 0 Å². The largest absolute Gasteiger partial charge is 0.345 e. The third-order valence-corrected chi connectivity index (χ3v) is 6.03. The Morgan fingerprint density at radius 2 is 1.90 bits per heavy atom. The van der Waals surface area contributed by atoms with Crippen LogP contribution in [0.1, 0.15) is 23.3 Å². The fourth-order valence-corrected chi connectivity index (χ4v) is 4.64. The first-order chi connectivity index (χ1) is 14.0. The van der Waals surface area contributed by atoms with Crippen LogP contribution in [0.3, 0.4) is 0 Å². The van der Waals surface area contributed by atoms with Gasteiger partial charge in [-0.15, -0.1) is 11.3 Å². The highest BCUT2D eigenvalue weighted by molar-refractivity contribution is 7.18. The summed E-state index contributed by atoms with van der Waals surface area (Å²) in [5, 5.41) is 5.66. The van der Waals surface area contributed by atoms with E-state index in [1.165, 1.54) is 40.0 Å². The van der Waals surface area contributed by atoms with E-state index in [9.17, 15) is 18.8 Å². The standard InChI is InChI=1S/C20H19FN4O3S/c21-12-5-7-13(8-6-12)24-16(26)9-22-17(27)10-25-11-23-19-18(20(25)28)14-3-1-2-4-15(14)29-19/h5-8,11H,1-4,9-10H2,(H,22,27)(H,24,26). The lowest BCUT2D eigenvalue weighted by molar-refractivity contribution is -0.124. The number of carbonyl (C=O) groups excluding carboxylic acids is 2. The topological polar surface area (TPSA) is 93.1 Å². The van der Waals surface area contributed by atoms with Crippen molar-refractivity contribution in [2.24, 2.45) is 0 Å². The number of nitrogens with one attached hydrogen (secondary N) is 2. The molecule has 7 nitrogen and oxygen atoms in total. The molecule has 1 aliphatic carbocycles. The molecule has 2 amide bonds. The molecule has 3 aromatic rings. The lowest BCUT2D eigenvalue weighted by Gasteiger charge is -2.11. The quantitative estimate of drug-likeness (QED) is 0.670. The molecule has 0 spiro atoms. The SMILES string of the molecule is O=C(Cn1cnc2sc3c(c2c1=O)CCCC3)NCC(=O)Nc1ccc(F)cc1. The Bertz CT molecular complexity index is 1140. The Morgan fingerprint density at radius 3 is 2.69 bits per heavy atom. The zero-order valence-corrected chi connectivity index (χ0v) is 16.4. The van der Waals surface area contributed by atoms with Gasteiger partial charge in [-0.2, -0.15) is 0 Å². The maximum absolute atomic E-state index is 12.9. The first-order valence-corrected chi connectivity index (χ1v) is 10.1. The average Bonchev–Trinajstić information content (AvgIpc) is 3.10. The molecule has 0 bridgehead atoms. The highest BCUT2D eigenvalue weighted by atomic mass is 32.1. The summed E-state index contributed by atoms with van der Waals surface area (Å²) in [5.74, 6) is -1.32. The van der Waals surface area contributed by atoms with Crippen LogP contribution in [0.15, 0.2) is 35.4 Å². The Labute approximate surface area is 169 Å². The van der Waals surface area contributed by atoms with Crippen molar-refractivity contribution in [3.8, 4) is 0 Å². The number of rotatable bonds is 5. The molecule has 9 heteroatoms. The number of amides is 2. The van der Waals surface area contributed by atoms with Gasteiger partial charge < -0.3 is 10.6 Å². The Morgan fingerprint density at radius 1 is 1.14 bits per heavy atom. The van der Waals surface area contributed by atoms with Gasteiger partial charge >= 0.3 is 0 Å². The first kappa shape index (κ1) is 19.3. The van der Waals surface area contributed by atoms with Gasteiger partial charge in [0.1, 0.15) is 17.2 Å². The van der Waals surface area contributed by atoms with E-state index < -0.39 is 17.6 Å². The number of halogens is 1. The molecule has 0 radical (unpaired) electrons. The van der Waals surface area contributed by atoms with Crippen molar-refractivity contribution in [1.29, 1.82) is 0 Å². The van der Waals surface area contributed by atoms with E-state index in [0.29, 0.717) is 11.1 Å². The number of hydrogen-bond acceptors (Lipinski definition) is 5. The van der Waals surface area contributed by atoms with Crippen LogP contribution in [0.25, 0.3) is 10.2 Å². The van der Waals surface area contributed by atoms with Crippen molar-refractivity contribution in [2.45, 2.75) is 32.2 Å². The number of carbonyl (C=O) groups is 2. The van der Waals surface area contributed by atoms with E-state index >= 15 is 0 Å². The van der Waals surface area contributed by atoms with Gasteiger partial charge in [0, 0.05) is 10.6 Å². The van der Waals surface area contributed by atoms with Crippen molar-refractivity contribution in [1.82, 2.24) is 14.9 Å². The molecule has 0 unspecified atom stereocenters. The Balaban J connectivity index is 1.40. The van der Waals surface area contributed by atoms with E-state index in [1.807, 2.05) is 0 Å². The summed E-state index contributed by atoms with van der Waals surface area (Å²) in [4.78, 5) is 43.3. The summed E-state index contributed by atoms with van der Waals surface area (Å²) in [7, 11) is 0. The van der Waals surface area contributed by atoms with E-state index in [4.69, 9.17) is 0 Å². The van der Waals surface area contributed by atoms with Crippen molar-refractivity contribution in [2.75, 3.05) is 11.9 Å². The molecule has 0 fully saturated rings. The number of hydrogen-bond donors (Lipinski definition) is 2. The molecule has 0 atom stereocenters. The van der Waals surface area contributed by atoms with Crippen molar-refractivity contribution in [3.63, 3.8) is 0 Å². The van der Waals surface area contributed by atoms with Crippen molar-refractivity contribution in [3.05, 3.63) is 57.2 Å². The monoisotopic (exact) mass is 414 g/mol. The number of anilines is 1. The fourth-order valence-electron chi connectivity index (χ4n) is 3.42. The lowest BCUT2D eigenvalue weighted by atomic mass is 9.97. The zero-order chi connectivity index (χ0) is 20.4. The van der Waals surface area contributed by atoms with Gasteiger partial charge in [-0.3, -0.25) is 19.0 Å². The maximum Gasteiger partial charge on any atom is 0.262 e. The molecule has 1 aliphatic rings. The molecule has 2 heterocycles. The predicted molar refractivity (Wildman–Crippen MR) is 109 cm³/mol. The minimum atomic E-state index is -0.466. The molecule has 2 aromatic heterocycles. The van der Waals surface area contributed by atoms with Gasteiger partial charge in [0.05, 0.1) is 18.3 Å². The molecular formula is C20H19FN4O3S. The number of aromatic nitrogens is 2. The van der Waals surface area contributed by atoms with Gasteiger partial charge in [0.2, 0.25) is 11.8 Å². The lowest BCUT2D eigenvalue weighted by Crippen LogP contribution is -2.37. The summed E-state index contributed by atoms with van der Waals surface area (Å²) in [6.07, 6.45) is 5.39. The molecule has 4 rings (SSSR count).